The van der Waals surface area contributed by atoms with Gasteiger partial charge in [-0.25, -0.2) is 4.79 Å². The molecule has 2 amide bonds. The summed E-state index contributed by atoms with van der Waals surface area (Å²) in [6.45, 7) is 2.99. The lowest BCUT2D eigenvalue weighted by atomic mass is 10.2. The maximum atomic E-state index is 11.8. The third-order valence-corrected chi connectivity index (χ3v) is 4.04. The summed E-state index contributed by atoms with van der Waals surface area (Å²) >= 11 is 9.42. The highest BCUT2D eigenvalue weighted by Gasteiger charge is 2.05. The van der Waals surface area contributed by atoms with Crippen LogP contribution in [0.4, 0.5) is 10.5 Å². The lowest BCUT2D eigenvalue weighted by molar-refractivity contribution is 0.250. The van der Waals surface area contributed by atoms with E-state index in [1.165, 1.54) is 0 Å². The summed E-state index contributed by atoms with van der Waals surface area (Å²) in [5, 5.41) is 6.17. The van der Waals surface area contributed by atoms with Crippen molar-refractivity contribution in [2.75, 3.05) is 18.5 Å². The molecule has 0 aromatic heterocycles. The van der Waals surface area contributed by atoms with Crippen LogP contribution in [0.15, 0.2) is 46.9 Å². The smallest absolute Gasteiger partial charge is 0.319 e. The standard InChI is InChI=1S/C17H18BrClN2O2/c1-12-7-8-15(13(18)11-12)21-17(22)20-9-4-10-23-16-6-3-2-5-14(16)19/h2-3,5-8,11H,4,9-10H2,1H3,(H2,20,21,22). The fraction of sp³-hybridized carbons (Fsp3) is 0.235. The summed E-state index contributed by atoms with van der Waals surface area (Å²) in [7, 11) is 0. The number of carbonyl (C=O) groups excluding carboxylic acids is 1. The molecule has 0 heterocycles. The molecule has 0 bridgehead atoms. The van der Waals surface area contributed by atoms with E-state index in [4.69, 9.17) is 16.3 Å². The Morgan fingerprint density at radius 3 is 2.78 bits per heavy atom. The summed E-state index contributed by atoms with van der Waals surface area (Å²) in [4.78, 5) is 11.8. The molecular weight excluding hydrogens is 380 g/mol. The Labute approximate surface area is 149 Å². The van der Waals surface area contributed by atoms with Crippen molar-refractivity contribution in [2.45, 2.75) is 13.3 Å². The number of anilines is 1. The minimum Gasteiger partial charge on any atom is -0.492 e. The molecule has 4 nitrogen and oxygen atoms in total. The highest BCUT2D eigenvalue weighted by Crippen LogP contribution is 2.23. The van der Waals surface area contributed by atoms with Crippen LogP contribution < -0.4 is 15.4 Å². The fourth-order valence-corrected chi connectivity index (χ4v) is 2.69. The first-order valence-corrected chi connectivity index (χ1v) is 8.41. The first-order valence-electron chi connectivity index (χ1n) is 7.24. The number of rotatable bonds is 6. The monoisotopic (exact) mass is 396 g/mol. The van der Waals surface area contributed by atoms with Gasteiger partial charge in [0.25, 0.3) is 0 Å². The van der Waals surface area contributed by atoms with Crippen molar-refractivity contribution in [1.82, 2.24) is 5.32 Å². The molecule has 2 N–H and O–H groups in total. The van der Waals surface area contributed by atoms with E-state index in [0.29, 0.717) is 30.3 Å². The van der Waals surface area contributed by atoms with Crippen molar-refractivity contribution in [2.24, 2.45) is 0 Å². The third kappa shape index (κ3) is 5.77. The van der Waals surface area contributed by atoms with E-state index in [1.54, 1.807) is 6.07 Å². The van der Waals surface area contributed by atoms with Crippen molar-refractivity contribution in [3.63, 3.8) is 0 Å². The molecule has 0 atom stereocenters. The minimum absolute atomic E-state index is 0.243. The van der Waals surface area contributed by atoms with Crippen LogP contribution in [0.5, 0.6) is 5.75 Å². The number of amides is 2. The highest BCUT2D eigenvalue weighted by atomic mass is 79.9. The minimum atomic E-state index is -0.243. The number of hydrogen-bond donors (Lipinski definition) is 2. The van der Waals surface area contributed by atoms with Gasteiger partial charge >= 0.3 is 6.03 Å². The van der Waals surface area contributed by atoms with Crippen LogP contribution in [0.3, 0.4) is 0 Å². The van der Waals surface area contributed by atoms with Crippen molar-refractivity contribution in [3.05, 3.63) is 57.5 Å². The molecule has 6 heteroatoms. The zero-order chi connectivity index (χ0) is 16.7. The topological polar surface area (TPSA) is 50.4 Å². The number of aryl methyl sites for hydroxylation is 1. The van der Waals surface area contributed by atoms with E-state index in [1.807, 2.05) is 43.3 Å². The van der Waals surface area contributed by atoms with Crippen LogP contribution in [0.2, 0.25) is 5.02 Å². The Balaban J connectivity index is 1.68. The number of para-hydroxylation sites is 1. The number of benzene rings is 2. The van der Waals surface area contributed by atoms with Crippen LogP contribution in [-0.4, -0.2) is 19.2 Å². The maximum absolute atomic E-state index is 11.8. The van der Waals surface area contributed by atoms with E-state index < -0.39 is 0 Å². The number of urea groups is 1. The van der Waals surface area contributed by atoms with Gasteiger partial charge in [0.2, 0.25) is 0 Å². The maximum Gasteiger partial charge on any atom is 0.319 e. The SMILES string of the molecule is Cc1ccc(NC(=O)NCCCOc2ccccc2Cl)c(Br)c1. The Kier molecular flexibility index (Phi) is 6.74. The first kappa shape index (κ1) is 17.6. The Bertz CT molecular complexity index is 679. The summed E-state index contributed by atoms with van der Waals surface area (Å²) in [6.07, 6.45) is 0.688. The van der Waals surface area contributed by atoms with Crippen LogP contribution in [0.25, 0.3) is 0 Å². The summed E-state index contributed by atoms with van der Waals surface area (Å²) in [6, 6.07) is 12.8. The summed E-state index contributed by atoms with van der Waals surface area (Å²) in [5.74, 6) is 0.655. The van der Waals surface area contributed by atoms with Gasteiger partial charge in [-0.05, 0) is 59.1 Å². The van der Waals surface area contributed by atoms with E-state index in [-0.39, 0.29) is 6.03 Å². The van der Waals surface area contributed by atoms with Crippen LogP contribution in [-0.2, 0) is 0 Å². The zero-order valence-corrected chi connectivity index (χ0v) is 15.1. The number of ether oxygens (including phenoxy) is 1. The van der Waals surface area contributed by atoms with E-state index >= 15 is 0 Å². The summed E-state index contributed by atoms with van der Waals surface area (Å²) in [5.41, 5.74) is 1.86. The van der Waals surface area contributed by atoms with Gasteiger partial charge in [0.05, 0.1) is 17.3 Å². The van der Waals surface area contributed by atoms with Gasteiger partial charge in [0.1, 0.15) is 5.75 Å². The zero-order valence-electron chi connectivity index (χ0n) is 12.7. The number of nitrogens with one attached hydrogen (secondary N) is 2. The quantitative estimate of drug-likeness (QED) is 0.674. The van der Waals surface area contributed by atoms with E-state index in [2.05, 4.69) is 26.6 Å². The molecule has 2 aromatic carbocycles. The predicted octanol–water partition coefficient (Wildman–Crippen LogP) is 5.00. The van der Waals surface area contributed by atoms with Crippen LogP contribution >= 0.6 is 27.5 Å². The van der Waals surface area contributed by atoms with Crippen LogP contribution in [0, 0.1) is 6.92 Å². The molecular formula is C17H18BrClN2O2. The molecule has 2 rings (SSSR count). The van der Waals surface area contributed by atoms with Gasteiger partial charge in [-0.15, -0.1) is 0 Å². The van der Waals surface area contributed by atoms with Crippen molar-refractivity contribution >= 4 is 39.2 Å². The largest absolute Gasteiger partial charge is 0.492 e. The molecule has 0 aliphatic heterocycles. The van der Waals surface area contributed by atoms with Gasteiger partial charge < -0.3 is 15.4 Å². The van der Waals surface area contributed by atoms with Crippen LogP contribution in [0.1, 0.15) is 12.0 Å². The molecule has 0 saturated carbocycles. The molecule has 0 fully saturated rings. The molecule has 0 aliphatic rings. The van der Waals surface area contributed by atoms with Gasteiger partial charge in [-0.3, -0.25) is 0 Å². The van der Waals surface area contributed by atoms with Crippen molar-refractivity contribution in [3.8, 4) is 5.75 Å². The van der Waals surface area contributed by atoms with E-state index in [0.717, 1.165) is 15.7 Å². The second kappa shape index (κ2) is 8.79. The fourth-order valence-electron chi connectivity index (χ4n) is 1.91. The lowest BCUT2D eigenvalue weighted by Gasteiger charge is -2.10. The van der Waals surface area contributed by atoms with Gasteiger partial charge in [-0.1, -0.05) is 29.8 Å². The molecule has 122 valence electrons. The number of halogens is 2. The molecule has 23 heavy (non-hydrogen) atoms. The second-order valence-electron chi connectivity index (χ2n) is 5.00. The average molecular weight is 398 g/mol. The normalized spacial score (nSPS) is 10.2. The lowest BCUT2D eigenvalue weighted by Crippen LogP contribution is -2.30. The van der Waals surface area contributed by atoms with Crippen molar-refractivity contribution in [1.29, 1.82) is 0 Å². The van der Waals surface area contributed by atoms with Gasteiger partial charge in [0, 0.05) is 11.0 Å². The Morgan fingerprint density at radius 1 is 1.26 bits per heavy atom. The third-order valence-electron chi connectivity index (χ3n) is 3.07. The molecule has 0 unspecified atom stereocenters. The number of hydrogen-bond acceptors (Lipinski definition) is 2. The van der Waals surface area contributed by atoms with E-state index in [9.17, 15) is 4.79 Å². The molecule has 0 saturated heterocycles. The first-order chi connectivity index (χ1) is 11.1. The molecule has 0 spiro atoms. The average Bonchev–Trinajstić information content (AvgIpc) is 2.51. The highest BCUT2D eigenvalue weighted by molar-refractivity contribution is 9.10. The molecule has 0 aliphatic carbocycles. The predicted molar refractivity (Wildman–Crippen MR) is 97.5 cm³/mol. The Hall–Kier alpha value is -1.72. The van der Waals surface area contributed by atoms with Gasteiger partial charge in [-0.2, -0.15) is 0 Å². The summed E-state index contributed by atoms with van der Waals surface area (Å²) < 4.78 is 6.41. The molecule has 2 aromatic rings. The Morgan fingerprint density at radius 2 is 2.04 bits per heavy atom. The van der Waals surface area contributed by atoms with Gasteiger partial charge in [0.15, 0.2) is 0 Å². The molecule has 0 radical (unpaired) electrons. The second-order valence-corrected chi connectivity index (χ2v) is 6.26. The number of carbonyl (C=O) groups is 1. The van der Waals surface area contributed by atoms with Crippen molar-refractivity contribution < 1.29 is 9.53 Å².